The van der Waals surface area contributed by atoms with Crippen molar-refractivity contribution in [2.45, 2.75) is 26.0 Å². The van der Waals surface area contributed by atoms with Gasteiger partial charge in [-0.05, 0) is 24.5 Å². The number of likely N-dealkylation sites (tertiary alicyclic amines) is 1. The molecular weight excluding hydrogens is 352 g/mol. The molecule has 0 radical (unpaired) electrons. The molecule has 6 nitrogen and oxygen atoms in total. The predicted octanol–water partition coefficient (Wildman–Crippen LogP) is 2.85. The third kappa shape index (κ3) is 4.28. The summed E-state index contributed by atoms with van der Waals surface area (Å²) in [4.78, 5) is 11.3. The van der Waals surface area contributed by atoms with Gasteiger partial charge in [-0.25, -0.2) is 4.98 Å². The third-order valence-corrected chi connectivity index (χ3v) is 5.64. The molecule has 2 aromatic rings. The van der Waals surface area contributed by atoms with E-state index in [2.05, 4.69) is 32.3 Å². The second-order valence-electron chi connectivity index (χ2n) is 7.62. The molecule has 6 heteroatoms. The van der Waals surface area contributed by atoms with E-state index in [9.17, 15) is 0 Å². The number of pyridine rings is 1. The normalized spacial score (nSPS) is 22.0. The summed E-state index contributed by atoms with van der Waals surface area (Å²) in [5.74, 6) is 1.60. The summed E-state index contributed by atoms with van der Waals surface area (Å²) in [6.07, 6.45) is 4.09. The van der Waals surface area contributed by atoms with Gasteiger partial charge in [-0.1, -0.05) is 36.4 Å². The molecule has 0 aliphatic carbocycles. The van der Waals surface area contributed by atoms with Gasteiger partial charge in [0.05, 0.1) is 6.61 Å². The predicted molar refractivity (Wildman–Crippen MR) is 109 cm³/mol. The Labute approximate surface area is 166 Å². The SMILES string of the molecule is CN=C(NCc1cccnc1OCc1ccccc1)N1CCC2(CCOC2)C1. The van der Waals surface area contributed by atoms with Crippen LogP contribution in [0.15, 0.2) is 53.7 Å². The molecule has 0 saturated carbocycles. The molecule has 2 saturated heterocycles. The number of benzene rings is 1. The van der Waals surface area contributed by atoms with Crippen LogP contribution >= 0.6 is 0 Å². The van der Waals surface area contributed by atoms with Gasteiger partial charge in [0.1, 0.15) is 6.61 Å². The number of rotatable bonds is 5. The van der Waals surface area contributed by atoms with Crippen LogP contribution in [0.1, 0.15) is 24.0 Å². The minimum atomic E-state index is 0.315. The van der Waals surface area contributed by atoms with E-state index in [4.69, 9.17) is 9.47 Å². The van der Waals surface area contributed by atoms with E-state index in [1.165, 1.54) is 6.42 Å². The van der Waals surface area contributed by atoms with Crippen molar-refractivity contribution in [3.63, 3.8) is 0 Å². The number of guanidine groups is 1. The number of ether oxygens (including phenoxy) is 2. The van der Waals surface area contributed by atoms with Crippen LogP contribution in [0.2, 0.25) is 0 Å². The molecule has 148 valence electrons. The van der Waals surface area contributed by atoms with Gasteiger partial charge in [-0.2, -0.15) is 0 Å². The molecule has 2 aliphatic heterocycles. The van der Waals surface area contributed by atoms with Crippen LogP contribution in [0.3, 0.4) is 0 Å². The summed E-state index contributed by atoms with van der Waals surface area (Å²) in [7, 11) is 1.84. The molecule has 0 amide bonds. The first-order chi connectivity index (χ1) is 13.8. The highest BCUT2D eigenvalue weighted by Crippen LogP contribution is 2.38. The van der Waals surface area contributed by atoms with Gasteiger partial charge in [-0.15, -0.1) is 0 Å². The number of nitrogens with zero attached hydrogens (tertiary/aromatic N) is 3. The first-order valence-corrected chi connectivity index (χ1v) is 9.92. The van der Waals surface area contributed by atoms with Crippen LogP contribution < -0.4 is 10.1 Å². The van der Waals surface area contributed by atoms with Gasteiger partial charge < -0.3 is 19.7 Å². The number of nitrogens with one attached hydrogen (secondary N) is 1. The Kier molecular flexibility index (Phi) is 5.76. The summed E-state index contributed by atoms with van der Waals surface area (Å²) in [5.41, 5.74) is 2.47. The Morgan fingerprint density at radius 2 is 2.14 bits per heavy atom. The zero-order valence-corrected chi connectivity index (χ0v) is 16.4. The van der Waals surface area contributed by atoms with Crippen molar-refractivity contribution < 1.29 is 9.47 Å². The molecular formula is C22H28N4O2. The highest BCUT2D eigenvalue weighted by atomic mass is 16.5. The maximum atomic E-state index is 5.97. The lowest BCUT2D eigenvalue weighted by molar-refractivity contribution is 0.156. The molecule has 1 aromatic carbocycles. The van der Waals surface area contributed by atoms with E-state index in [-0.39, 0.29) is 0 Å². The number of hydrogen-bond acceptors (Lipinski definition) is 4. The summed E-state index contributed by atoms with van der Waals surface area (Å²) >= 11 is 0. The Morgan fingerprint density at radius 3 is 2.93 bits per heavy atom. The minimum Gasteiger partial charge on any atom is -0.473 e. The molecule has 3 heterocycles. The molecule has 4 rings (SSSR count). The minimum absolute atomic E-state index is 0.315. The number of aromatic nitrogens is 1. The van der Waals surface area contributed by atoms with Crippen molar-refractivity contribution in [2.24, 2.45) is 10.4 Å². The van der Waals surface area contributed by atoms with Crippen molar-refractivity contribution in [2.75, 3.05) is 33.4 Å². The monoisotopic (exact) mass is 380 g/mol. The summed E-state index contributed by atoms with van der Waals surface area (Å²) in [5, 5.41) is 3.49. The van der Waals surface area contributed by atoms with Crippen molar-refractivity contribution >= 4 is 5.96 Å². The Bertz CT molecular complexity index is 803. The molecule has 2 aliphatic rings. The first kappa shape index (κ1) is 18.7. The van der Waals surface area contributed by atoms with Gasteiger partial charge in [0.2, 0.25) is 5.88 Å². The zero-order chi connectivity index (χ0) is 19.2. The van der Waals surface area contributed by atoms with E-state index in [1.807, 2.05) is 37.4 Å². The molecule has 1 N–H and O–H groups in total. The van der Waals surface area contributed by atoms with Crippen molar-refractivity contribution in [1.29, 1.82) is 0 Å². The van der Waals surface area contributed by atoms with Crippen LogP contribution in [-0.2, 0) is 17.9 Å². The summed E-state index contributed by atoms with van der Waals surface area (Å²) in [6.45, 7) is 4.93. The van der Waals surface area contributed by atoms with Crippen LogP contribution in [0.5, 0.6) is 5.88 Å². The molecule has 1 aromatic heterocycles. The Balaban J connectivity index is 1.36. The van der Waals surface area contributed by atoms with Crippen molar-refractivity contribution in [3.8, 4) is 5.88 Å². The number of aliphatic imine (C=N–C) groups is 1. The largest absolute Gasteiger partial charge is 0.473 e. The maximum absolute atomic E-state index is 5.97. The fourth-order valence-corrected chi connectivity index (χ4v) is 4.01. The van der Waals surface area contributed by atoms with E-state index in [0.717, 1.165) is 49.8 Å². The van der Waals surface area contributed by atoms with Gasteiger partial charge in [-0.3, -0.25) is 4.99 Å². The second kappa shape index (κ2) is 8.61. The van der Waals surface area contributed by atoms with Crippen LogP contribution in [0, 0.1) is 5.41 Å². The van der Waals surface area contributed by atoms with Gasteiger partial charge in [0.25, 0.3) is 0 Å². The molecule has 1 spiro atoms. The quantitative estimate of drug-likeness (QED) is 0.638. The molecule has 2 fully saturated rings. The second-order valence-corrected chi connectivity index (χ2v) is 7.62. The molecule has 1 atom stereocenters. The van der Waals surface area contributed by atoms with Crippen molar-refractivity contribution in [3.05, 3.63) is 59.8 Å². The summed E-state index contributed by atoms with van der Waals surface area (Å²) < 4.78 is 11.6. The standard InChI is InChI=1S/C22H28N4O2/c1-23-21(26-12-9-22(16-26)10-13-27-17-22)25-14-19-8-5-11-24-20(19)28-15-18-6-3-2-4-7-18/h2-8,11H,9-10,12-17H2,1H3,(H,23,25). The van der Waals surface area contributed by atoms with Crippen molar-refractivity contribution in [1.82, 2.24) is 15.2 Å². The van der Waals surface area contributed by atoms with Crippen LogP contribution in [0.25, 0.3) is 0 Å². The highest BCUT2D eigenvalue weighted by molar-refractivity contribution is 5.80. The lowest BCUT2D eigenvalue weighted by Crippen LogP contribution is -2.41. The van der Waals surface area contributed by atoms with Gasteiger partial charge in [0, 0.05) is 50.5 Å². The van der Waals surface area contributed by atoms with E-state index < -0.39 is 0 Å². The maximum Gasteiger partial charge on any atom is 0.218 e. The molecule has 28 heavy (non-hydrogen) atoms. The van der Waals surface area contributed by atoms with Crippen LogP contribution in [0.4, 0.5) is 0 Å². The van der Waals surface area contributed by atoms with Crippen LogP contribution in [-0.4, -0.2) is 49.2 Å². The lowest BCUT2D eigenvalue weighted by atomic mass is 9.87. The van der Waals surface area contributed by atoms with E-state index in [1.54, 1.807) is 6.20 Å². The summed E-state index contributed by atoms with van der Waals surface area (Å²) in [6, 6.07) is 14.1. The first-order valence-electron chi connectivity index (χ1n) is 9.92. The highest BCUT2D eigenvalue weighted by Gasteiger charge is 2.42. The lowest BCUT2D eigenvalue weighted by Gasteiger charge is -2.25. The Morgan fingerprint density at radius 1 is 1.25 bits per heavy atom. The smallest absolute Gasteiger partial charge is 0.218 e. The number of hydrogen-bond donors (Lipinski definition) is 1. The third-order valence-electron chi connectivity index (χ3n) is 5.64. The van der Waals surface area contributed by atoms with E-state index >= 15 is 0 Å². The zero-order valence-electron chi connectivity index (χ0n) is 16.4. The fraction of sp³-hybridized carbons (Fsp3) is 0.455. The van der Waals surface area contributed by atoms with E-state index in [0.29, 0.717) is 24.4 Å². The molecule has 1 unspecified atom stereocenters. The Hall–Kier alpha value is -2.60. The topological polar surface area (TPSA) is 59.0 Å². The van der Waals surface area contributed by atoms with Gasteiger partial charge >= 0.3 is 0 Å². The molecule has 0 bridgehead atoms. The average Bonchev–Trinajstić information content (AvgIpc) is 3.38. The fourth-order valence-electron chi connectivity index (χ4n) is 4.01. The average molecular weight is 380 g/mol. The van der Waals surface area contributed by atoms with Gasteiger partial charge in [0.15, 0.2) is 5.96 Å².